The summed E-state index contributed by atoms with van der Waals surface area (Å²) in [5.41, 5.74) is 0. The van der Waals surface area contributed by atoms with Gasteiger partial charge in [0.1, 0.15) is 6.61 Å². The monoisotopic (exact) mass is 860 g/mol. The van der Waals surface area contributed by atoms with Crippen LogP contribution in [0.2, 0.25) is 0 Å². The van der Waals surface area contributed by atoms with E-state index in [-0.39, 0.29) is 18.2 Å². The maximum atomic E-state index is 12.7. The smallest absolute Gasteiger partial charge is 0.309 e. The van der Waals surface area contributed by atoms with Crippen molar-refractivity contribution >= 4 is 11.9 Å². The second-order valence-electron chi connectivity index (χ2n) is 17.9. The number of nitrogens with zero attached hydrogens (tertiary/aromatic N) is 1. The lowest BCUT2D eigenvalue weighted by Gasteiger charge is -2.17. The van der Waals surface area contributed by atoms with E-state index in [2.05, 4.69) is 56.1 Å². The van der Waals surface area contributed by atoms with E-state index in [4.69, 9.17) is 18.9 Å². The van der Waals surface area contributed by atoms with Crippen molar-refractivity contribution in [2.75, 3.05) is 47.1 Å². The number of carbonyl (C=O) groups is 2. The minimum atomic E-state index is -0.132. The van der Waals surface area contributed by atoms with Gasteiger partial charge >= 0.3 is 11.9 Å². The van der Waals surface area contributed by atoms with Crippen molar-refractivity contribution in [3.05, 3.63) is 36.5 Å². The van der Waals surface area contributed by atoms with Crippen LogP contribution in [0.1, 0.15) is 239 Å². The Balaban J connectivity index is 4.36. The summed E-state index contributed by atoms with van der Waals surface area (Å²) in [5, 5.41) is 0. The zero-order valence-electron chi connectivity index (χ0n) is 41.1. The summed E-state index contributed by atoms with van der Waals surface area (Å²) in [6.45, 7) is 9.78. The number of unbranched alkanes of at least 4 members (excludes halogenated alkanes) is 24. The van der Waals surface area contributed by atoms with Gasteiger partial charge in [0.25, 0.3) is 0 Å². The summed E-state index contributed by atoms with van der Waals surface area (Å²) < 4.78 is 23.3. The van der Waals surface area contributed by atoms with Crippen molar-refractivity contribution < 1.29 is 28.5 Å². The summed E-state index contributed by atoms with van der Waals surface area (Å²) in [6.07, 6.45) is 52.4. The third-order valence-electron chi connectivity index (χ3n) is 11.5. The standard InChI is InChI=1S/C54H101NO6/c1-6-9-12-15-24-32-39-47-60-54(61-48-40-33-25-16-13-10-7-2)44-37-30-23-20-22-28-35-42-51(50-53(57)59-49-45-55(4)5)41-34-27-21-18-19-26-31-38-46-58-52(56)43-36-29-17-14-11-8-3/h29,32-33,36,39-40,51,54H,6-28,30-31,34-35,37-38,41-50H2,1-5H3. The molecule has 1 unspecified atom stereocenters. The molecule has 61 heavy (non-hydrogen) atoms. The lowest BCUT2D eigenvalue weighted by molar-refractivity contribution is -0.145. The van der Waals surface area contributed by atoms with Crippen LogP contribution in [-0.4, -0.2) is 70.2 Å². The normalized spacial score (nSPS) is 13.0. The van der Waals surface area contributed by atoms with E-state index in [9.17, 15) is 9.59 Å². The van der Waals surface area contributed by atoms with Crippen LogP contribution in [0.15, 0.2) is 36.5 Å². The first kappa shape index (κ1) is 59.0. The third kappa shape index (κ3) is 47.4. The maximum absolute atomic E-state index is 12.7. The highest BCUT2D eigenvalue weighted by molar-refractivity contribution is 5.71. The molecular weight excluding hydrogens is 759 g/mol. The minimum absolute atomic E-state index is 0.0282. The fraction of sp³-hybridized carbons (Fsp3) is 0.852. The molecule has 0 amide bonds. The highest BCUT2D eigenvalue weighted by Crippen LogP contribution is 2.23. The van der Waals surface area contributed by atoms with Crippen molar-refractivity contribution in [2.45, 2.75) is 245 Å². The van der Waals surface area contributed by atoms with E-state index in [0.29, 0.717) is 45.2 Å². The van der Waals surface area contributed by atoms with Gasteiger partial charge in [-0.05, 0) is 90.6 Å². The van der Waals surface area contributed by atoms with Crippen LogP contribution in [0, 0.1) is 5.92 Å². The molecule has 7 nitrogen and oxygen atoms in total. The average Bonchev–Trinajstić information content (AvgIpc) is 3.24. The van der Waals surface area contributed by atoms with Gasteiger partial charge in [0.2, 0.25) is 0 Å². The van der Waals surface area contributed by atoms with Gasteiger partial charge in [-0.2, -0.15) is 0 Å². The lowest BCUT2D eigenvalue weighted by atomic mass is 9.91. The summed E-state index contributed by atoms with van der Waals surface area (Å²) in [7, 11) is 4.02. The molecular formula is C54H101NO6. The first-order valence-corrected chi connectivity index (χ1v) is 26.1. The Morgan fingerprint density at radius 3 is 1.36 bits per heavy atom. The Bertz CT molecular complexity index is 983. The van der Waals surface area contributed by atoms with Gasteiger partial charge in [0.05, 0.1) is 26.2 Å². The van der Waals surface area contributed by atoms with Crippen LogP contribution in [0.4, 0.5) is 0 Å². The van der Waals surface area contributed by atoms with Crippen LogP contribution in [0.3, 0.4) is 0 Å². The van der Waals surface area contributed by atoms with E-state index in [1.54, 1.807) is 0 Å². The molecule has 0 saturated heterocycles. The third-order valence-corrected chi connectivity index (χ3v) is 11.5. The van der Waals surface area contributed by atoms with Crippen LogP contribution in [0.5, 0.6) is 0 Å². The van der Waals surface area contributed by atoms with Gasteiger partial charge in [-0.3, -0.25) is 9.59 Å². The number of allylic oxidation sites excluding steroid dienone is 3. The molecule has 0 rings (SSSR count). The number of likely N-dealkylation sites (N-methyl/N-ethyl adjacent to an activating group) is 1. The number of esters is 2. The van der Waals surface area contributed by atoms with E-state index < -0.39 is 0 Å². The highest BCUT2D eigenvalue weighted by Gasteiger charge is 2.15. The Labute approximate surface area is 379 Å². The first-order valence-electron chi connectivity index (χ1n) is 26.1. The number of carbonyl (C=O) groups excluding carboxylic acids is 2. The number of ether oxygens (including phenoxy) is 4. The van der Waals surface area contributed by atoms with E-state index in [0.717, 1.165) is 64.3 Å². The van der Waals surface area contributed by atoms with Crippen molar-refractivity contribution in [3.8, 4) is 0 Å². The maximum Gasteiger partial charge on any atom is 0.309 e. The molecule has 0 aromatic rings. The second-order valence-corrected chi connectivity index (χ2v) is 17.9. The number of hydrogen-bond donors (Lipinski definition) is 0. The second kappa shape index (κ2) is 49.1. The van der Waals surface area contributed by atoms with Crippen LogP contribution in [-0.2, 0) is 28.5 Å². The molecule has 0 radical (unpaired) electrons. The highest BCUT2D eigenvalue weighted by atomic mass is 16.7. The molecule has 0 aliphatic rings. The van der Waals surface area contributed by atoms with E-state index >= 15 is 0 Å². The molecule has 1 atom stereocenters. The van der Waals surface area contributed by atoms with Crippen LogP contribution in [0.25, 0.3) is 0 Å². The fourth-order valence-electron chi connectivity index (χ4n) is 7.55. The van der Waals surface area contributed by atoms with Crippen molar-refractivity contribution in [1.82, 2.24) is 4.90 Å². The molecule has 0 aromatic carbocycles. The van der Waals surface area contributed by atoms with Crippen LogP contribution < -0.4 is 0 Å². The largest absolute Gasteiger partial charge is 0.465 e. The molecule has 0 aromatic heterocycles. The zero-order valence-corrected chi connectivity index (χ0v) is 41.1. The SMILES string of the molecule is CCCCCC=CCC(=O)OCCCCCCCCCCC(CCCCCCCCCC(OCC=CCCCCCC)OCC=CCCCCCC)CC(=O)OCCN(C)C. The fourth-order valence-corrected chi connectivity index (χ4v) is 7.55. The molecule has 0 heterocycles. The topological polar surface area (TPSA) is 74.3 Å². The molecule has 0 aliphatic carbocycles. The van der Waals surface area contributed by atoms with Gasteiger partial charge in [0.15, 0.2) is 6.29 Å². The molecule has 0 spiro atoms. The number of rotatable bonds is 48. The Morgan fingerprint density at radius 1 is 0.443 bits per heavy atom. The summed E-state index contributed by atoms with van der Waals surface area (Å²) >= 11 is 0. The summed E-state index contributed by atoms with van der Waals surface area (Å²) in [5.74, 6) is 0.294. The molecule has 0 bridgehead atoms. The van der Waals surface area contributed by atoms with Gasteiger partial charge in [0, 0.05) is 13.0 Å². The molecule has 0 fully saturated rings. The van der Waals surface area contributed by atoms with Gasteiger partial charge in [-0.1, -0.05) is 192 Å². The predicted octanol–water partition coefficient (Wildman–Crippen LogP) is 15.6. The van der Waals surface area contributed by atoms with Gasteiger partial charge in [-0.25, -0.2) is 0 Å². The van der Waals surface area contributed by atoms with Crippen molar-refractivity contribution in [2.24, 2.45) is 5.92 Å². The quantitative estimate of drug-likeness (QED) is 0.0261. The minimum Gasteiger partial charge on any atom is -0.465 e. The molecule has 7 heteroatoms. The van der Waals surface area contributed by atoms with E-state index in [1.807, 2.05) is 20.2 Å². The predicted molar refractivity (Wildman–Crippen MR) is 261 cm³/mol. The zero-order chi connectivity index (χ0) is 44.5. The average molecular weight is 860 g/mol. The van der Waals surface area contributed by atoms with Crippen molar-refractivity contribution in [1.29, 1.82) is 0 Å². The summed E-state index contributed by atoms with van der Waals surface area (Å²) in [4.78, 5) is 26.6. The molecule has 0 aliphatic heterocycles. The van der Waals surface area contributed by atoms with Crippen molar-refractivity contribution in [3.63, 3.8) is 0 Å². The Morgan fingerprint density at radius 2 is 0.852 bits per heavy atom. The first-order chi connectivity index (χ1) is 29.9. The van der Waals surface area contributed by atoms with Crippen LogP contribution >= 0.6 is 0 Å². The molecule has 0 saturated carbocycles. The molecule has 0 N–H and O–H groups in total. The summed E-state index contributed by atoms with van der Waals surface area (Å²) in [6, 6.07) is 0. The van der Waals surface area contributed by atoms with Gasteiger partial charge in [-0.15, -0.1) is 0 Å². The Hall–Kier alpha value is -1.96. The molecule has 358 valence electrons. The van der Waals surface area contributed by atoms with E-state index in [1.165, 1.54) is 148 Å². The number of hydrogen-bond acceptors (Lipinski definition) is 7. The Kier molecular flexibility index (Phi) is 47.5. The lowest BCUT2D eigenvalue weighted by Crippen LogP contribution is -2.21. The van der Waals surface area contributed by atoms with Gasteiger partial charge < -0.3 is 23.8 Å².